The van der Waals surface area contributed by atoms with Crippen molar-refractivity contribution in [3.63, 3.8) is 0 Å². The molecule has 1 amide bonds. The molecule has 0 bridgehead atoms. The van der Waals surface area contributed by atoms with Gasteiger partial charge in [-0.2, -0.15) is 0 Å². The maximum absolute atomic E-state index is 12.0. The third-order valence-electron chi connectivity index (χ3n) is 3.87. The first-order valence-electron chi connectivity index (χ1n) is 6.97. The Labute approximate surface area is 122 Å². The number of carbonyl (C=O) groups is 2. The lowest BCUT2D eigenvalue weighted by atomic mass is 9.79. The van der Waals surface area contributed by atoms with E-state index in [0.717, 1.165) is 37.1 Å². The van der Waals surface area contributed by atoms with E-state index in [0.29, 0.717) is 13.0 Å². The summed E-state index contributed by atoms with van der Waals surface area (Å²) in [6.07, 6.45) is 6.67. The molecule has 6 heteroatoms. The number of hydrogen-bond acceptors (Lipinski definition) is 4. The third-order valence-corrected chi connectivity index (χ3v) is 4.71. The molecule has 20 heavy (non-hydrogen) atoms. The second kappa shape index (κ2) is 6.83. The van der Waals surface area contributed by atoms with Crippen LogP contribution in [0, 0.1) is 5.41 Å². The minimum absolute atomic E-state index is 0.0373. The molecule has 2 rings (SSSR count). The molecule has 2 N–H and O–H groups in total. The van der Waals surface area contributed by atoms with Crippen LogP contribution in [0.4, 0.5) is 0 Å². The van der Waals surface area contributed by atoms with Gasteiger partial charge in [0.05, 0.1) is 11.4 Å². The predicted molar refractivity (Wildman–Crippen MR) is 76.6 cm³/mol. The molecule has 1 saturated carbocycles. The molecular formula is C14H20N2O3S. The Morgan fingerprint density at radius 1 is 1.35 bits per heavy atom. The Morgan fingerprint density at radius 2 is 2.10 bits per heavy atom. The summed E-state index contributed by atoms with van der Waals surface area (Å²) in [5.74, 6) is -0.841. The van der Waals surface area contributed by atoms with Gasteiger partial charge in [-0.15, -0.1) is 11.3 Å². The second-order valence-corrected chi connectivity index (χ2v) is 6.46. The van der Waals surface area contributed by atoms with Gasteiger partial charge in [-0.3, -0.25) is 9.59 Å². The molecule has 1 aromatic rings. The van der Waals surface area contributed by atoms with Crippen molar-refractivity contribution >= 4 is 23.2 Å². The van der Waals surface area contributed by atoms with Crippen molar-refractivity contribution in [3.8, 4) is 0 Å². The van der Waals surface area contributed by atoms with Gasteiger partial charge in [-0.05, 0) is 18.3 Å². The van der Waals surface area contributed by atoms with Gasteiger partial charge in [0.1, 0.15) is 0 Å². The van der Waals surface area contributed by atoms with E-state index in [4.69, 9.17) is 5.11 Å². The predicted octanol–water partition coefficient (Wildman–Crippen LogP) is 2.23. The zero-order valence-corrected chi connectivity index (χ0v) is 12.2. The van der Waals surface area contributed by atoms with Crippen molar-refractivity contribution in [2.75, 3.05) is 6.54 Å². The number of carboxylic acid groups (broad SMARTS) is 1. The normalized spacial score (nSPS) is 17.0. The highest BCUT2D eigenvalue weighted by Gasteiger charge is 2.37. The maximum Gasteiger partial charge on any atom is 0.303 e. The monoisotopic (exact) mass is 296 g/mol. The average Bonchev–Trinajstić information content (AvgIpc) is 3.00. The molecule has 1 heterocycles. The van der Waals surface area contributed by atoms with Crippen molar-refractivity contribution in [2.45, 2.75) is 44.9 Å². The zero-order chi connectivity index (χ0) is 14.4. The number of amides is 1. The molecule has 0 aliphatic heterocycles. The lowest BCUT2D eigenvalue weighted by Gasteiger charge is -2.26. The summed E-state index contributed by atoms with van der Waals surface area (Å²) in [6.45, 7) is 0.565. The van der Waals surface area contributed by atoms with Crippen LogP contribution in [-0.4, -0.2) is 28.5 Å². The number of nitrogens with one attached hydrogen (secondary N) is 1. The van der Waals surface area contributed by atoms with E-state index in [1.54, 1.807) is 17.5 Å². The average molecular weight is 296 g/mol. The fourth-order valence-corrected chi connectivity index (χ4v) is 3.57. The summed E-state index contributed by atoms with van der Waals surface area (Å²) in [4.78, 5) is 27.1. The third kappa shape index (κ3) is 4.30. The van der Waals surface area contributed by atoms with Crippen LogP contribution in [0.5, 0.6) is 0 Å². The molecule has 0 saturated heterocycles. The highest BCUT2D eigenvalue weighted by molar-refractivity contribution is 7.09. The van der Waals surface area contributed by atoms with Gasteiger partial charge in [0.2, 0.25) is 5.91 Å². The smallest absolute Gasteiger partial charge is 0.303 e. The van der Waals surface area contributed by atoms with E-state index in [-0.39, 0.29) is 17.7 Å². The van der Waals surface area contributed by atoms with Crippen LogP contribution >= 0.6 is 11.3 Å². The van der Waals surface area contributed by atoms with Gasteiger partial charge in [0.25, 0.3) is 0 Å². The summed E-state index contributed by atoms with van der Waals surface area (Å²) in [5, 5.41) is 14.8. The Hall–Kier alpha value is -1.43. The molecule has 0 radical (unpaired) electrons. The van der Waals surface area contributed by atoms with Gasteiger partial charge in [0.15, 0.2) is 0 Å². The first-order valence-corrected chi connectivity index (χ1v) is 7.84. The summed E-state index contributed by atoms with van der Waals surface area (Å²) >= 11 is 1.58. The Balaban J connectivity index is 1.78. The standard InChI is InChI=1S/C14H20N2O3S/c17-11(15-6-3-12-16-7-8-20-12)9-14(10-13(18)19)4-1-2-5-14/h7-8H,1-6,9-10H2,(H,15,17)(H,18,19). The van der Waals surface area contributed by atoms with E-state index in [1.165, 1.54) is 0 Å². The lowest BCUT2D eigenvalue weighted by Crippen LogP contribution is -2.33. The van der Waals surface area contributed by atoms with Crippen molar-refractivity contribution in [3.05, 3.63) is 16.6 Å². The van der Waals surface area contributed by atoms with Crippen LogP contribution in [0.15, 0.2) is 11.6 Å². The van der Waals surface area contributed by atoms with E-state index in [2.05, 4.69) is 10.3 Å². The van der Waals surface area contributed by atoms with E-state index >= 15 is 0 Å². The SMILES string of the molecule is O=C(O)CC1(CC(=O)NCCc2nccs2)CCCC1. The molecule has 5 nitrogen and oxygen atoms in total. The number of nitrogens with zero attached hydrogens (tertiary/aromatic N) is 1. The Morgan fingerprint density at radius 3 is 2.70 bits per heavy atom. The van der Waals surface area contributed by atoms with Gasteiger partial charge >= 0.3 is 5.97 Å². The first-order chi connectivity index (χ1) is 9.60. The van der Waals surface area contributed by atoms with Crippen molar-refractivity contribution in [2.24, 2.45) is 5.41 Å². The van der Waals surface area contributed by atoms with Crippen LogP contribution in [0.1, 0.15) is 43.5 Å². The molecule has 1 aliphatic rings. The Bertz CT molecular complexity index is 453. The van der Waals surface area contributed by atoms with Crippen LogP contribution in [0.2, 0.25) is 0 Å². The number of aromatic nitrogens is 1. The van der Waals surface area contributed by atoms with Crippen LogP contribution < -0.4 is 5.32 Å². The number of carboxylic acids is 1. The molecule has 0 aromatic carbocycles. The summed E-state index contributed by atoms with van der Waals surface area (Å²) in [6, 6.07) is 0. The number of hydrogen-bond donors (Lipinski definition) is 2. The number of carbonyl (C=O) groups excluding carboxylic acids is 1. The van der Waals surface area contributed by atoms with Crippen LogP contribution in [0.25, 0.3) is 0 Å². The van der Waals surface area contributed by atoms with E-state index < -0.39 is 5.97 Å². The van der Waals surface area contributed by atoms with Crippen molar-refractivity contribution < 1.29 is 14.7 Å². The van der Waals surface area contributed by atoms with Crippen molar-refractivity contribution in [1.82, 2.24) is 10.3 Å². The topological polar surface area (TPSA) is 79.3 Å². The second-order valence-electron chi connectivity index (χ2n) is 5.48. The fraction of sp³-hybridized carbons (Fsp3) is 0.643. The Kier molecular flexibility index (Phi) is 5.11. The van der Waals surface area contributed by atoms with Gasteiger partial charge in [0, 0.05) is 31.0 Å². The van der Waals surface area contributed by atoms with Crippen LogP contribution in [-0.2, 0) is 16.0 Å². The molecule has 1 fully saturated rings. The van der Waals surface area contributed by atoms with E-state index in [1.807, 2.05) is 5.38 Å². The summed E-state index contributed by atoms with van der Waals surface area (Å²) in [7, 11) is 0. The lowest BCUT2D eigenvalue weighted by molar-refractivity contribution is -0.140. The molecule has 0 atom stereocenters. The van der Waals surface area contributed by atoms with E-state index in [9.17, 15) is 9.59 Å². The molecular weight excluding hydrogens is 276 g/mol. The fourth-order valence-electron chi connectivity index (χ4n) is 2.95. The van der Waals surface area contributed by atoms with Gasteiger partial charge < -0.3 is 10.4 Å². The molecule has 0 spiro atoms. The molecule has 0 unspecified atom stereocenters. The van der Waals surface area contributed by atoms with Gasteiger partial charge in [-0.1, -0.05) is 12.8 Å². The quantitative estimate of drug-likeness (QED) is 0.808. The molecule has 1 aliphatic carbocycles. The van der Waals surface area contributed by atoms with Crippen molar-refractivity contribution in [1.29, 1.82) is 0 Å². The highest BCUT2D eigenvalue weighted by Crippen LogP contribution is 2.43. The molecule has 110 valence electrons. The highest BCUT2D eigenvalue weighted by atomic mass is 32.1. The number of aliphatic carboxylic acids is 1. The minimum Gasteiger partial charge on any atom is -0.481 e. The van der Waals surface area contributed by atoms with Gasteiger partial charge in [-0.25, -0.2) is 4.98 Å². The number of rotatable bonds is 7. The number of thiazole rings is 1. The zero-order valence-electron chi connectivity index (χ0n) is 11.4. The summed E-state index contributed by atoms with van der Waals surface area (Å²) in [5.41, 5.74) is -0.322. The minimum atomic E-state index is -0.803. The van der Waals surface area contributed by atoms with Crippen LogP contribution in [0.3, 0.4) is 0 Å². The maximum atomic E-state index is 12.0. The summed E-state index contributed by atoms with van der Waals surface area (Å²) < 4.78 is 0. The largest absolute Gasteiger partial charge is 0.481 e. The molecule has 1 aromatic heterocycles. The first kappa shape index (κ1) is 15.0.